The first-order chi connectivity index (χ1) is 10.1. The molecule has 21 heavy (non-hydrogen) atoms. The SMILES string of the molecule is CN(C)c1cccc(C(=O)NCC(Cl)c2ccccc2)c1. The summed E-state index contributed by atoms with van der Waals surface area (Å²) in [5.41, 5.74) is 2.63. The van der Waals surface area contributed by atoms with Crippen molar-refractivity contribution in [3.8, 4) is 0 Å². The van der Waals surface area contributed by atoms with E-state index in [0.717, 1.165) is 11.3 Å². The molecule has 0 saturated carbocycles. The molecule has 2 aromatic carbocycles. The number of rotatable bonds is 5. The number of carbonyl (C=O) groups is 1. The summed E-state index contributed by atoms with van der Waals surface area (Å²) in [6.45, 7) is 0.399. The number of hydrogen-bond acceptors (Lipinski definition) is 2. The summed E-state index contributed by atoms with van der Waals surface area (Å²) in [4.78, 5) is 14.1. The monoisotopic (exact) mass is 302 g/mol. The quantitative estimate of drug-likeness (QED) is 0.858. The summed E-state index contributed by atoms with van der Waals surface area (Å²) >= 11 is 6.30. The van der Waals surface area contributed by atoms with E-state index in [1.54, 1.807) is 6.07 Å². The summed E-state index contributed by atoms with van der Waals surface area (Å²) in [5, 5.41) is 2.64. The number of anilines is 1. The standard InChI is InChI=1S/C17H19ClN2O/c1-20(2)15-10-6-9-14(11-15)17(21)19-12-16(18)13-7-4-3-5-8-13/h3-11,16H,12H2,1-2H3,(H,19,21). The lowest BCUT2D eigenvalue weighted by molar-refractivity contribution is 0.0953. The van der Waals surface area contributed by atoms with Crippen molar-refractivity contribution in [2.75, 3.05) is 25.5 Å². The van der Waals surface area contributed by atoms with E-state index in [2.05, 4.69) is 5.32 Å². The van der Waals surface area contributed by atoms with Crippen LogP contribution in [-0.2, 0) is 0 Å². The Morgan fingerprint density at radius 2 is 1.86 bits per heavy atom. The minimum absolute atomic E-state index is 0.111. The highest BCUT2D eigenvalue weighted by Crippen LogP contribution is 2.19. The topological polar surface area (TPSA) is 32.3 Å². The summed E-state index contributed by atoms with van der Waals surface area (Å²) in [7, 11) is 3.89. The second-order valence-corrected chi connectivity index (χ2v) is 5.56. The van der Waals surface area contributed by atoms with E-state index in [4.69, 9.17) is 11.6 Å². The molecule has 1 atom stereocenters. The van der Waals surface area contributed by atoms with Gasteiger partial charge in [0.05, 0.1) is 5.38 Å². The van der Waals surface area contributed by atoms with E-state index >= 15 is 0 Å². The van der Waals surface area contributed by atoms with Crippen LogP contribution < -0.4 is 10.2 Å². The van der Waals surface area contributed by atoms with Crippen molar-refractivity contribution in [1.82, 2.24) is 5.32 Å². The van der Waals surface area contributed by atoms with E-state index < -0.39 is 0 Å². The first-order valence-corrected chi connectivity index (χ1v) is 7.26. The molecular weight excluding hydrogens is 284 g/mol. The highest BCUT2D eigenvalue weighted by atomic mass is 35.5. The van der Waals surface area contributed by atoms with Gasteiger partial charge in [0.15, 0.2) is 0 Å². The van der Waals surface area contributed by atoms with Crippen LogP contribution in [0.1, 0.15) is 21.3 Å². The molecule has 0 aromatic heterocycles. The zero-order chi connectivity index (χ0) is 15.2. The van der Waals surface area contributed by atoms with Gasteiger partial charge in [-0.1, -0.05) is 36.4 Å². The van der Waals surface area contributed by atoms with Gasteiger partial charge in [-0.15, -0.1) is 11.6 Å². The lowest BCUT2D eigenvalue weighted by Gasteiger charge is -2.14. The Hall–Kier alpha value is -2.00. The van der Waals surface area contributed by atoms with Gasteiger partial charge in [-0.2, -0.15) is 0 Å². The number of amides is 1. The predicted molar refractivity (Wildman–Crippen MR) is 88.1 cm³/mol. The molecule has 0 radical (unpaired) electrons. The first kappa shape index (κ1) is 15.4. The molecular formula is C17H19ClN2O. The Morgan fingerprint density at radius 3 is 2.52 bits per heavy atom. The molecule has 0 spiro atoms. The molecule has 0 aliphatic heterocycles. The summed E-state index contributed by atoms with van der Waals surface area (Å²) in [5.74, 6) is -0.111. The molecule has 3 nitrogen and oxygen atoms in total. The van der Waals surface area contributed by atoms with Crippen molar-refractivity contribution >= 4 is 23.2 Å². The normalized spacial score (nSPS) is 11.8. The highest BCUT2D eigenvalue weighted by Gasteiger charge is 2.11. The van der Waals surface area contributed by atoms with Gasteiger partial charge in [-0.05, 0) is 23.8 Å². The van der Waals surface area contributed by atoms with Crippen LogP contribution in [0.25, 0.3) is 0 Å². The van der Waals surface area contributed by atoms with Crippen LogP contribution in [0.4, 0.5) is 5.69 Å². The van der Waals surface area contributed by atoms with Crippen molar-refractivity contribution in [1.29, 1.82) is 0 Å². The lowest BCUT2D eigenvalue weighted by atomic mass is 10.1. The molecule has 0 aliphatic rings. The minimum Gasteiger partial charge on any atom is -0.378 e. The van der Waals surface area contributed by atoms with Crippen molar-refractivity contribution in [2.45, 2.75) is 5.38 Å². The van der Waals surface area contributed by atoms with Crippen LogP contribution in [0.2, 0.25) is 0 Å². The molecule has 0 bridgehead atoms. The molecule has 0 aliphatic carbocycles. The maximum atomic E-state index is 12.2. The number of alkyl halides is 1. The molecule has 1 amide bonds. The molecule has 1 N–H and O–H groups in total. The van der Waals surface area contributed by atoms with E-state index in [1.807, 2.05) is 67.5 Å². The fourth-order valence-corrected chi connectivity index (χ4v) is 2.21. The fourth-order valence-electron chi connectivity index (χ4n) is 1.99. The first-order valence-electron chi connectivity index (χ1n) is 6.82. The van der Waals surface area contributed by atoms with Crippen LogP contribution in [0.5, 0.6) is 0 Å². The Labute approximate surface area is 130 Å². The number of nitrogens with zero attached hydrogens (tertiary/aromatic N) is 1. The van der Waals surface area contributed by atoms with Gasteiger partial charge in [0.25, 0.3) is 5.91 Å². The Bertz CT molecular complexity index is 599. The van der Waals surface area contributed by atoms with Crippen LogP contribution in [-0.4, -0.2) is 26.5 Å². The Morgan fingerprint density at radius 1 is 1.14 bits per heavy atom. The molecule has 0 saturated heterocycles. The van der Waals surface area contributed by atoms with Crippen LogP contribution >= 0.6 is 11.6 Å². The number of carbonyl (C=O) groups excluding carboxylic acids is 1. The zero-order valence-corrected chi connectivity index (χ0v) is 13.0. The average Bonchev–Trinajstić information content (AvgIpc) is 2.53. The van der Waals surface area contributed by atoms with Crippen LogP contribution in [0, 0.1) is 0 Å². The molecule has 0 heterocycles. The number of hydrogen-bond donors (Lipinski definition) is 1. The third kappa shape index (κ3) is 4.23. The molecule has 2 rings (SSSR count). The molecule has 1 unspecified atom stereocenters. The molecule has 110 valence electrons. The van der Waals surface area contributed by atoms with Gasteiger partial charge >= 0.3 is 0 Å². The zero-order valence-electron chi connectivity index (χ0n) is 12.2. The third-order valence-corrected chi connectivity index (χ3v) is 3.63. The average molecular weight is 303 g/mol. The van der Waals surface area contributed by atoms with Gasteiger partial charge in [0, 0.05) is 31.9 Å². The second-order valence-electron chi connectivity index (χ2n) is 5.03. The summed E-state index contributed by atoms with van der Waals surface area (Å²) in [6, 6.07) is 17.2. The van der Waals surface area contributed by atoms with Gasteiger partial charge in [0.2, 0.25) is 0 Å². The van der Waals surface area contributed by atoms with Gasteiger partial charge < -0.3 is 10.2 Å². The number of benzene rings is 2. The fraction of sp³-hybridized carbons (Fsp3) is 0.235. The van der Waals surface area contributed by atoms with E-state index in [9.17, 15) is 4.79 Å². The maximum absolute atomic E-state index is 12.2. The van der Waals surface area contributed by atoms with Gasteiger partial charge in [-0.3, -0.25) is 4.79 Å². The van der Waals surface area contributed by atoms with E-state index in [1.165, 1.54) is 0 Å². The molecule has 2 aromatic rings. The number of nitrogens with one attached hydrogen (secondary N) is 1. The van der Waals surface area contributed by atoms with Gasteiger partial charge in [-0.25, -0.2) is 0 Å². The van der Waals surface area contributed by atoms with Crippen molar-refractivity contribution in [3.05, 3.63) is 65.7 Å². The van der Waals surface area contributed by atoms with Crippen LogP contribution in [0.15, 0.2) is 54.6 Å². The maximum Gasteiger partial charge on any atom is 0.251 e. The summed E-state index contributed by atoms with van der Waals surface area (Å²) in [6.07, 6.45) is 0. The second kappa shape index (κ2) is 7.14. The highest BCUT2D eigenvalue weighted by molar-refractivity contribution is 6.21. The Balaban J connectivity index is 1.97. The third-order valence-electron chi connectivity index (χ3n) is 3.23. The van der Waals surface area contributed by atoms with Crippen molar-refractivity contribution < 1.29 is 4.79 Å². The molecule has 0 fully saturated rings. The van der Waals surface area contributed by atoms with E-state index in [0.29, 0.717) is 12.1 Å². The predicted octanol–water partition coefficient (Wildman–Crippen LogP) is 3.46. The minimum atomic E-state index is -0.229. The number of halogens is 1. The molecule has 4 heteroatoms. The summed E-state index contributed by atoms with van der Waals surface area (Å²) < 4.78 is 0. The van der Waals surface area contributed by atoms with Crippen molar-refractivity contribution in [3.63, 3.8) is 0 Å². The Kier molecular flexibility index (Phi) is 5.23. The lowest BCUT2D eigenvalue weighted by Crippen LogP contribution is -2.27. The van der Waals surface area contributed by atoms with Crippen molar-refractivity contribution in [2.24, 2.45) is 0 Å². The van der Waals surface area contributed by atoms with E-state index in [-0.39, 0.29) is 11.3 Å². The van der Waals surface area contributed by atoms with Gasteiger partial charge in [0.1, 0.15) is 0 Å². The largest absolute Gasteiger partial charge is 0.378 e. The van der Waals surface area contributed by atoms with Crippen LogP contribution in [0.3, 0.4) is 0 Å². The smallest absolute Gasteiger partial charge is 0.251 e.